The summed E-state index contributed by atoms with van der Waals surface area (Å²) >= 11 is 12.3. The molecule has 0 aliphatic carbocycles. The highest BCUT2D eigenvalue weighted by atomic mass is 35.5. The molecule has 3 amide bonds. The third kappa shape index (κ3) is 5.79. The van der Waals surface area contributed by atoms with Gasteiger partial charge in [0.2, 0.25) is 11.8 Å². The first-order valence-corrected chi connectivity index (χ1v) is 13.5. The van der Waals surface area contributed by atoms with E-state index in [0.717, 1.165) is 4.31 Å². The lowest BCUT2D eigenvalue weighted by atomic mass is 10.1. The lowest BCUT2D eigenvalue weighted by Crippen LogP contribution is -2.49. The molecule has 35 heavy (non-hydrogen) atoms. The van der Waals surface area contributed by atoms with Crippen LogP contribution in [0.5, 0.6) is 0 Å². The molecule has 1 N–H and O–H groups in total. The van der Waals surface area contributed by atoms with Gasteiger partial charge in [-0.2, -0.15) is 0 Å². The molecule has 0 fully saturated rings. The van der Waals surface area contributed by atoms with Gasteiger partial charge in [0.25, 0.3) is 15.9 Å². The number of hydrogen-bond donors (Lipinski definition) is 1. The zero-order valence-corrected chi connectivity index (χ0v) is 21.8. The molecule has 0 radical (unpaired) electrons. The standard InChI is InChI=1S/C24H27Cl2N3O5S/c1-3-20(23(31)27-4-2)28(15-16-11-12-17(25)14-19(16)26)22(30)10-7-13-29-24(32)18-8-5-6-9-21(18)35(29,33)34/h5-6,8-9,11-12,14,20H,3-4,7,10,13,15H2,1-2H3,(H,27,31). The van der Waals surface area contributed by atoms with Gasteiger partial charge in [-0.3, -0.25) is 14.4 Å². The third-order valence-electron chi connectivity index (χ3n) is 5.76. The predicted molar refractivity (Wildman–Crippen MR) is 134 cm³/mol. The molecule has 1 aliphatic heterocycles. The van der Waals surface area contributed by atoms with Crippen molar-refractivity contribution in [2.45, 2.75) is 50.6 Å². The van der Waals surface area contributed by atoms with Crippen molar-refractivity contribution in [3.05, 3.63) is 63.6 Å². The van der Waals surface area contributed by atoms with E-state index in [0.29, 0.717) is 28.6 Å². The topological polar surface area (TPSA) is 104 Å². The first kappa shape index (κ1) is 27.0. The van der Waals surface area contributed by atoms with Crippen LogP contribution in [0.4, 0.5) is 0 Å². The first-order valence-electron chi connectivity index (χ1n) is 11.3. The number of halogens is 2. The van der Waals surface area contributed by atoms with E-state index in [1.54, 1.807) is 44.2 Å². The van der Waals surface area contributed by atoms with E-state index in [9.17, 15) is 22.8 Å². The maximum atomic E-state index is 13.3. The van der Waals surface area contributed by atoms with Crippen LogP contribution in [-0.2, 0) is 26.2 Å². The summed E-state index contributed by atoms with van der Waals surface area (Å²) < 4.78 is 26.3. The molecule has 11 heteroatoms. The number of rotatable bonds is 10. The Morgan fingerprint density at radius 1 is 1.11 bits per heavy atom. The van der Waals surface area contributed by atoms with Gasteiger partial charge in [0.15, 0.2) is 0 Å². The highest BCUT2D eigenvalue weighted by molar-refractivity contribution is 7.90. The van der Waals surface area contributed by atoms with Crippen LogP contribution in [0.1, 0.15) is 49.0 Å². The zero-order chi connectivity index (χ0) is 25.8. The number of likely N-dealkylation sites (N-methyl/N-ethyl adjacent to an activating group) is 1. The van der Waals surface area contributed by atoms with Gasteiger partial charge in [-0.25, -0.2) is 12.7 Å². The smallest absolute Gasteiger partial charge is 0.269 e. The number of nitrogens with zero attached hydrogens (tertiary/aromatic N) is 2. The fraction of sp³-hybridized carbons (Fsp3) is 0.375. The first-order chi connectivity index (χ1) is 16.6. The molecule has 1 aliphatic rings. The second-order valence-corrected chi connectivity index (χ2v) is 10.7. The number of carbonyl (C=O) groups excluding carboxylic acids is 3. The molecule has 0 spiro atoms. The molecule has 1 heterocycles. The molecular weight excluding hydrogens is 513 g/mol. The van der Waals surface area contributed by atoms with Crippen LogP contribution in [0.2, 0.25) is 10.0 Å². The minimum Gasteiger partial charge on any atom is -0.355 e. The van der Waals surface area contributed by atoms with Gasteiger partial charge in [-0.05, 0) is 49.6 Å². The van der Waals surface area contributed by atoms with E-state index in [-0.39, 0.29) is 48.2 Å². The van der Waals surface area contributed by atoms with Gasteiger partial charge < -0.3 is 10.2 Å². The number of nitrogens with one attached hydrogen (secondary N) is 1. The number of sulfonamides is 1. The van der Waals surface area contributed by atoms with Gasteiger partial charge in [0, 0.05) is 36.1 Å². The van der Waals surface area contributed by atoms with Crippen LogP contribution in [0.15, 0.2) is 47.4 Å². The number of carbonyl (C=O) groups is 3. The molecule has 0 aromatic heterocycles. The van der Waals surface area contributed by atoms with E-state index in [2.05, 4.69) is 5.32 Å². The van der Waals surface area contributed by atoms with Crippen LogP contribution in [0, 0.1) is 0 Å². The fourth-order valence-corrected chi connectivity index (χ4v) is 6.09. The van der Waals surface area contributed by atoms with Crippen molar-refractivity contribution in [3.8, 4) is 0 Å². The van der Waals surface area contributed by atoms with Crippen LogP contribution in [-0.4, -0.2) is 54.5 Å². The molecule has 2 aromatic carbocycles. The Labute approximate surface area is 215 Å². The number of fused-ring (bicyclic) bond motifs is 1. The van der Waals surface area contributed by atoms with Crippen LogP contribution < -0.4 is 5.32 Å². The van der Waals surface area contributed by atoms with E-state index >= 15 is 0 Å². The Kier molecular flexibility index (Phi) is 8.79. The molecule has 3 rings (SSSR count). The predicted octanol–water partition coefficient (Wildman–Crippen LogP) is 3.86. The summed E-state index contributed by atoms with van der Waals surface area (Å²) in [4.78, 5) is 40.0. The Morgan fingerprint density at radius 2 is 1.83 bits per heavy atom. The molecule has 0 bridgehead atoms. The van der Waals surface area contributed by atoms with Crippen molar-refractivity contribution in [2.75, 3.05) is 13.1 Å². The van der Waals surface area contributed by atoms with Crippen molar-refractivity contribution < 1.29 is 22.8 Å². The summed E-state index contributed by atoms with van der Waals surface area (Å²) in [6, 6.07) is 10.2. The fourth-order valence-electron chi connectivity index (χ4n) is 4.01. The van der Waals surface area contributed by atoms with Crippen LogP contribution in [0.3, 0.4) is 0 Å². The Balaban J connectivity index is 1.76. The van der Waals surface area contributed by atoms with Crippen molar-refractivity contribution in [2.24, 2.45) is 0 Å². The lowest BCUT2D eigenvalue weighted by Gasteiger charge is -2.31. The molecule has 2 aromatic rings. The highest BCUT2D eigenvalue weighted by Crippen LogP contribution is 2.30. The third-order valence-corrected chi connectivity index (χ3v) is 8.18. The van der Waals surface area contributed by atoms with Crippen molar-refractivity contribution >= 4 is 50.9 Å². The highest BCUT2D eigenvalue weighted by Gasteiger charge is 2.40. The van der Waals surface area contributed by atoms with E-state index in [4.69, 9.17) is 23.2 Å². The average molecular weight is 540 g/mol. The summed E-state index contributed by atoms with van der Waals surface area (Å²) in [7, 11) is -3.95. The van der Waals surface area contributed by atoms with E-state index in [1.165, 1.54) is 17.0 Å². The molecule has 188 valence electrons. The van der Waals surface area contributed by atoms with E-state index < -0.39 is 22.0 Å². The Morgan fingerprint density at radius 3 is 2.46 bits per heavy atom. The molecular formula is C24H27Cl2N3O5S. The Hall–Kier alpha value is -2.62. The number of amides is 3. The Bertz CT molecular complexity index is 1240. The van der Waals surface area contributed by atoms with Crippen molar-refractivity contribution in [1.82, 2.24) is 14.5 Å². The largest absolute Gasteiger partial charge is 0.355 e. The molecule has 8 nitrogen and oxygen atoms in total. The van der Waals surface area contributed by atoms with Crippen molar-refractivity contribution in [1.29, 1.82) is 0 Å². The van der Waals surface area contributed by atoms with E-state index in [1.807, 2.05) is 0 Å². The van der Waals surface area contributed by atoms with Gasteiger partial charge in [-0.15, -0.1) is 0 Å². The number of hydrogen-bond acceptors (Lipinski definition) is 5. The van der Waals surface area contributed by atoms with Crippen LogP contribution >= 0.6 is 23.2 Å². The quantitative estimate of drug-likeness (QED) is 0.493. The van der Waals surface area contributed by atoms with Crippen molar-refractivity contribution in [3.63, 3.8) is 0 Å². The van der Waals surface area contributed by atoms with Crippen LogP contribution in [0.25, 0.3) is 0 Å². The second kappa shape index (κ2) is 11.4. The summed E-state index contributed by atoms with van der Waals surface area (Å²) in [6.07, 6.45) is 0.419. The minimum absolute atomic E-state index is 0.0300. The molecule has 0 saturated carbocycles. The SMILES string of the molecule is CCNC(=O)C(CC)N(Cc1ccc(Cl)cc1Cl)C(=O)CCCN1C(=O)c2ccccc2S1(=O)=O. The lowest BCUT2D eigenvalue weighted by molar-refractivity contribution is -0.141. The number of benzene rings is 2. The molecule has 0 saturated heterocycles. The molecule has 1 unspecified atom stereocenters. The monoisotopic (exact) mass is 539 g/mol. The summed E-state index contributed by atoms with van der Waals surface area (Å²) in [5.41, 5.74) is 0.750. The van der Waals surface area contributed by atoms with Gasteiger partial charge in [-0.1, -0.05) is 48.3 Å². The van der Waals surface area contributed by atoms with Gasteiger partial charge in [0.05, 0.1) is 5.56 Å². The van der Waals surface area contributed by atoms with Gasteiger partial charge >= 0.3 is 0 Å². The minimum atomic E-state index is -3.95. The maximum absolute atomic E-state index is 13.3. The van der Waals surface area contributed by atoms with Gasteiger partial charge in [0.1, 0.15) is 10.9 Å². The second-order valence-electron chi connectivity index (χ2n) is 8.06. The summed E-state index contributed by atoms with van der Waals surface area (Å²) in [6.45, 7) is 3.94. The zero-order valence-electron chi connectivity index (χ0n) is 19.5. The normalized spacial score (nSPS) is 15.0. The average Bonchev–Trinajstić information content (AvgIpc) is 3.01. The molecule has 1 atom stereocenters. The maximum Gasteiger partial charge on any atom is 0.269 e. The summed E-state index contributed by atoms with van der Waals surface area (Å²) in [5.74, 6) is -1.25. The summed E-state index contributed by atoms with van der Waals surface area (Å²) in [5, 5.41) is 3.57.